The highest BCUT2D eigenvalue weighted by Crippen LogP contribution is 2.35. The normalized spacial score (nSPS) is 20.2. The molecule has 7 heteroatoms. The summed E-state index contributed by atoms with van der Waals surface area (Å²) in [5.41, 5.74) is 6.51. The Morgan fingerprint density at radius 1 is 1.53 bits per heavy atom. The third-order valence-corrected chi connectivity index (χ3v) is 4.36. The zero-order valence-corrected chi connectivity index (χ0v) is 11.2. The van der Waals surface area contributed by atoms with E-state index in [2.05, 4.69) is 0 Å². The first kappa shape index (κ1) is 13.8. The minimum absolute atomic E-state index is 0.335. The van der Waals surface area contributed by atoms with Gasteiger partial charge in [-0.15, -0.1) is 0 Å². The molecule has 0 aliphatic carbocycles. The lowest BCUT2D eigenvalue weighted by atomic mass is 9.92. The van der Waals surface area contributed by atoms with Gasteiger partial charge in [-0.05, 0) is 24.1 Å². The van der Waals surface area contributed by atoms with Crippen LogP contribution in [0.15, 0.2) is 18.2 Å². The fourth-order valence-electron chi connectivity index (χ4n) is 2.09. The van der Waals surface area contributed by atoms with Crippen molar-refractivity contribution in [2.24, 2.45) is 5.73 Å². The number of aliphatic carboxylic acids is 1. The number of carboxylic acids is 1. The predicted octanol–water partition coefficient (Wildman–Crippen LogP) is 0.639. The quantitative estimate of drug-likeness (QED) is 0.844. The topological polar surface area (TPSA) is 107 Å². The van der Waals surface area contributed by atoms with Crippen LogP contribution in [-0.4, -0.2) is 32.4 Å². The summed E-state index contributed by atoms with van der Waals surface area (Å²) in [4.78, 5) is 11.2. The van der Waals surface area contributed by atoms with Crippen molar-refractivity contribution in [2.75, 3.05) is 12.9 Å². The lowest BCUT2D eigenvalue weighted by Crippen LogP contribution is -2.24. The molecule has 0 aromatic heterocycles. The lowest BCUT2D eigenvalue weighted by Gasteiger charge is -2.24. The molecule has 2 unspecified atom stereocenters. The summed E-state index contributed by atoms with van der Waals surface area (Å²) in [6.45, 7) is 0.335. The van der Waals surface area contributed by atoms with Gasteiger partial charge in [-0.2, -0.15) is 0 Å². The Hall–Kier alpha value is -1.60. The third kappa shape index (κ3) is 2.71. The second-order valence-electron chi connectivity index (χ2n) is 4.58. The molecule has 1 aromatic carbocycles. The number of fused-ring (bicyclic) bond motifs is 1. The fourth-order valence-corrected chi connectivity index (χ4v) is 2.73. The SMILES string of the molecule is CS(=O)(=O)C(N)c1ccc2c(c1)C(C(=O)O)CCO2. The Morgan fingerprint density at radius 2 is 2.21 bits per heavy atom. The van der Waals surface area contributed by atoms with Crippen molar-refractivity contribution >= 4 is 15.8 Å². The monoisotopic (exact) mass is 285 g/mol. The van der Waals surface area contributed by atoms with Gasteiger partial charge in [-0.3, -0.25) is 4.79 Å². The second-order valence-corrected chi connectivity index (χ2v) is 6.74. The van der Waals surface area contributed by atoms with E-state index in [1.54, 1.807) is 12.1 Å². The molecule has 0 bridgehead atoms. The highest BCUT2D eigenvalue weighted by molar-refractivity contribution is 7.90. The zero-order valence-electron chi connectivity index (χ0n) is 10.4. The average molecular weight is 285 g/mol. The van der Waals surface area contributed by atoms with Crippen molar-refractivity contribution in [2.45, 2.75) is 17.7 Å². The molecule has 1 heterocycles. The zero-order chi connectivity index (χ0) is 14.2. The first-order valence-electron chi connectivity index (χ1n) is 5.74. The number of benzene rings is 1. The van der Waals surface area contributed by atoms with E-state index in [1.165, 1.54) is 6.07 Å². The van der Waals surface area contributed by atoms with Crippen LogP contribution in [0, 0.1) is 0 Å². The number of rotatable bonds is 3. The molecule has 0 fully saturated rings. The number of carboxylic acid groups (broad SMARTS) is 1. The van der Waals surface area contributed by atoms with Crippen molar-refractivity contribution in [3.63, 3.8) is 0 Å². The van der Waals surface area contributed by atoms with Gasteiger partial charge in [0.2, 0.25) is 0 Å². The minimum atomic E-state index is -3.43. The molecule has 1 aliphatic heterocycles. The Morgan fingerprint density at radius 3 is 2.79 bits per heavy atom. The average Bonchev–Trinajstić information content (AvgIpc) is 2.35. The molecular formula is C12H15NO5S. The summed E-state index contributed by atoms with van der Waals surface area (Å²) < 4.78 is 28.3. The van der Waals surface area contributed by atoms with E-state index >= 15 is 0 Å². The van der Waals surface area contributed by atoms with Crippen LogP contribution in [0.1, 0.15) is 28.8 Å². The Bertz CT molecular complexity index is 611. The molecule has 1 aromatic rings. The van der Waals surface area contributed by atoms with Crippen molar-refractivity contribution < 1.29 is 23.1 Å². The van der Waals surface area contributed by atoms with Crippen molar-refractivity contribution in [1.82, 2.24) is 0 Å². The van der Waals surface area contributed by atoms with Crippen LogP contribution in [0.3, 0.4) is 0 Å². The van der Waals surface area contributed by atoms with Gasteiger partial charge < -0.3 is 15.6 Å². The van der Waals surface area contributed by atoms with E-state index < -0.39 is 27.1 Å². The van der Waals surface area contributed by atoms with Gasteiger partial charge in [0.25, 0.3) is 0 Å². The molecular weight excluding hydrogens is 270 g/mol. The van der Waals surface area contributed by atoms with E-state index in [1.807, 2.05) is 0 Å². The van der Waals surface area contributed by atoms with Gasteiger partial charge in [0.1, 0.15) is 11.1 Å². The second kappa shape index (κ2) is 4.82. The number of hydrogen-bond donors (Lipinski definition) is 2. The number of carbonyl (C=O) groups is 1. The summed E-state index contributed by atoms with van der Waals surface area (Å²) >= 11 is 0. The van der Waals surface area contributed by atoms with E-state index in [4.69, 9.17) is 15.6 Å². The maximum absolute atomic E-state index is 11.4. The van der Waals surface area contributed by atoms with Gasteiger partial charge in [0.15, 0.2) is 9.84 Å². The molecule has 0 amide bonds. The molecule has 0 radical (unpaired) electrons. The van der Waals surface area contributed by atoms with Crippen molar-refractivity contribution in [3.05, 3.63) is 29.3 Å². The van der Waals surface area contributed by atoms with Crippen LogP contribution >= 0.6 is 0 Å². The highest BCUT2D eigenvalue weighted by atomic mass is 32.2. The minimum Gasteiger partial charge on any atom is -0.493 e. The summed E-state index contributed by atoms with van der Waals surface area (Å²) in [5.74, 6) is -1.16. The largest absolute Gasteiger partial charge is 0.493 e. The number of hydrogen-bond acceptors (Lipinski definition) is 5. The van der Waals surface area contributed by atoms with Crippen LogP contribution in [0.25, 0.3) is 0 Å². The van der Waals surface area contributed by atoms with E-state index in [0.29, 0.717) is 29.9 Å². The Labute approximate surface area is 111 Å². The molecule has 2 rings (SSSR count). The van der Waals surface area contributed by atoms with Gasteiger partial charge in [0.05, 0.1) is 12.5 Å². The van der Waals surface area contributed by atoms with Crippen LogP contribution in [0.5, 0.6) is 5.75 Å². The fraction of sp³-hybridized carbons (Fsp3) is 0.417. The van der Waals surface area contributed by atoms with Gasteiger partial charge in [-0.1, -0.05) is 6.07 Å². The molecule has 2 atom stereocenters. The summed E-state index contributed by atoms with van der Waals surface area (Å²) in [5, 5.41) is 8.01. The number of nitrogens with two attached hydrogens (primary N) is 1. The number of sulfone groups is 1. The molecule has 19 heavy (non-hydrogen) atoms. The van der Waals surface area contributed by atoms with Crippen LogP contribution < -0.4 is 10.5 Å². The maximum atomic E-state index is 11.4. The molecule has 104 valence electrons. The van der Waals surface area contributed by atoms with Gasteiger partial charge >= 0.3 is 5.97 Å². The molecule has 0 saturated heterocycles. The van der Waals surface area contributed by atoms with E-state index in [9.17, 15) is 13.2 Å². The highest BCUT2D eigenvalue weighted by Gasteiger charge is 2.29. The lowest BCUT2D eigenvalue weighted by molar-refractivity contribution is -0.139. The van der Waals surface area contributed by atoms with Crippen LogP contribution in [0.2, 0.25) is 0 Å². The summed E-state index contributed by atoms with van der Waals surface area (Å²) in [6, 6.07) is 4.64. The molecule has 1 aliphatic rings. The predicted molar refractivity (Wildman–Crippen MR) is 68.7 cm³/mol. The van der Waals surface area contributed by atoms with Crippen LogP contribution in [-0.2, 0) is 14.6 Å². The Balaban J connectivity index is 2.47. The summed E-state index contributed by atoms with van der Waals surface area (Å²) in [6.07, 6.45) is 1.40. The van der Waals surface area contributed by atoms with Crippen LogP contribution in [0.4, 0.5) is 0 Å². The van der Waals surface area contributed by atoms with E-state index in [0.717, 1.165) is 6.26 Å². The maximum Gasteiger partial charge on any atom is 0.311 e. The standard InChI is InChI=1S/C12H15NO5S/c1-19(16,17)11(13)7-2-3-10-9(6-7)8(12(14)15)4-5-18-10/h2-3,6,8,11H,4-5,13H2,1H3,(H,14,15). The number of ether oxygens (including phenoxy) is 1. The molecule has 6 nitrogen and oxygen atoms in total. The summed E-state index contributed by atoms with van der Waals surface area (Å²) in [7, 11) is -3.43. The van der Waals surface area contributed by atoms with Gasteiger partial charge in [-0.25, -0.2) is 8.42 Å². The van der Waals surface area contributed by atoms with Crippen molar-refractivity contribution in [3.8, 4) is 5.75 Å². The molecule has 0 spiro atoms. The van der Waals surface area contributed by atoms with Crippen molar-refractivity contribution in [1.29, 1.82) is 0 Å². The van der Waals surface area contributed by atoms with Gasteiger partial charge in [0, 0.05) is 11.8 Å². The van der Waals surface area contributed by atoms with E-state index in [-0.39, 0.29) is 0 Å². The first-order valence-corrected chi connectivity index (χ1v) is 7.70. The molecule has 0 saturated carbocycles. The third-order valence-electron chi connectivity index (χ3n) is 3.16. The molecule has 3 N–H and O–H groups in total. The first-order chi connectivity index (χ1) is 8.80. The smallest absolute Gasteiger partial charge is 0.311 e. The Kier molecular flexibility index (Phi) is 3.51.